The Balaban J connectivity index is 2.83. The van der Waals surface area contributed by atoms with E-state index >= 15 is 0 Å². The van der Waals surface area contributed by atoms with Gasteiger partial charge in [0.2, 0.25) is 0 Å². The first-order valence-corrected chi connectivity index (χ1v) is 6.38. The molecule has 0 radical (unpaired) electrons. The van der Waals surface area contributed by atoms with Crippen LogP contribution in [0.5, 0.6) is 0 Å². The zero-order valence-electron chi connectivity index (χ0n) is 8.60. The zero-order valence-corrected chi connectivity index (χ0v) is 9.42. The van der Waals surface area contributed by atoms with Crippen LogP contribution in [0.3, 0.4) is 0 Å². The van der Waals surface area contributed by atoms with Crippen LogP contribution in [-0.2, 0) is 9.84 Å². The highest BCUT2D eigenvalue weighted by molar-refractivity contribution is 7.91. The molecule has 0 saturated heterocycles. The minimum atomic E-state index is -3.21. The van der Waals surface area contributed by atoms with Crippen molar-refractivity contribution in [1.82, 2.24) is 0 Å². The van der Waals surface area contributed by atoms with E-state index < -0.39 is 9.84 Å². The average Bonchev–Trinajstić information content (AvgIpc) is 2.18. The van der Waals surface area contributed by atoms with Crippen molar-refractivity contribution in [2.24, 2.45) is 0 Å². The van der Waals surface area contributed by atoms with Crippen molar-refractivity contribution in [3.05, 3.63) is 29.8 Å². The minimum absolute atomic E-state index is 0.0456. The number of unbranched alkanes of at least 4 members (excludes halogenated alkanes) is 1. The van der Waals surface area contributed by atoms with E-state index in [1.807, 2.05) is 19.1 Å². The molecule has 0 unspecified atom stereocenters. The number of rotatable bonds is 4. The summed E-state index contributed by atoms with van der Waals surface area (Å²) in [6.07, 6.45) is 0.678. The largest absolute Gasteiger partial charge is 0.224 e. The monoisotopic (exact) mass is 223 g/mol. The molecule has 0 saturated carbocycles. The van der Waals surface area contributed by atoms with Gasteiger partial charge in [-0.2, -0.15) is 5.26 Å². The SMILES string of the molecule is Cc1cccc(S(=O)(=O)CCCC#N)c1. The standard InChI is InChI=1S/C11H13NO2S/c1-10-5-4-6-11(9-10)15(13,14)8-3-2-7-12/h4-6,9H,2-3,8H2,1H3. The van der Waals surface area contributed by atoms with Gasteiger partial charge in [-0.15, -0.1) is 0 Å². The first-order valence-electron chi connectivity index (χ1n) is 4.72. The Kier molecular flexibility index (Phi) is 3.87. The predicted molar refractivity (Wildman–Crippen MR) is 58.1 cm³/mol. The number of nitrogens with zero attached hydrogens (tertiary/aromatic N) is 1. The Bertz CT molecular complexity index is 472. The molecule has 0 aliphatic carbocycles. The molecule has 15 heavy (non-hydrogen) atoms. The predicted octanol–water partition coefficient (Wildman–Crippen LogP) is 2.07. The third-order valence-electron chi connectivity index (χ3n) is 2.05. The maximum absolute atomic E-state index is 11.7. The molecule has 0 aliphatic heterocycles. The van der Waals surface area contributed by atoms with E-state index in [0.29, 0.717) is 11.3 Å². The molecule has 0 heterocycles. The number of aryl methyl sites for hydroxylation is 1. The van der Waals surface area contributed by atoms with Crippen molar-refractivity contribution in [3.63, 3.8) is 0 Å². The van der Waals surface area contributed by atoms with Gasteiger partial charge in [-0.25, -0.2) is 8.42 Å². The van der Waals surface area contributed by atoms with Crippen LogP contribution in [0.2, 0.25) is 0 Å². The molecular formula is C11H13NO2S. The Hall–Kier alpha value is -1.34. The van der Waals surface area contributed by atoms with Gasteiger partial charge >= 0.3 is 0 Å². The molecule has 0 atom stereocenters. The number of hydrogen-bond acceptors (Lipinski definition) is 3. The maximum atomic E-state index is 11.7. The highest BCUT2D eigenvalue weighted by Gasteiger charge is 2.13. The average molecular weight is 223 g/mol. The van der Waals surface area contributed by atoms with Crippen LogP contribution < -0.4 is 0 Å². The van der Waals surface area contributed by atoms with E-state index in [1.165, 1.54) is 0 Å². The quantitative estimate of drug-likeness (QED) is 0.734. The van der Waals surface area contributed by atoms with Gasteiger partial charge in [0.25, 0.3) is 0 Å². The lowest BCUT2D eigenvalue weighted by Gasteiger charge is -2.03. The molecule has 0 aliphatic rings. The van der Waals surface area contributed by atoms with Gasteiger partial charge in [-0.1, -0.05) is 12.1 Å². The van der Waals surface area contributed by atoms with E-state index in [0.717, 1.165) is 5.56 Å². The number of hydrogen-bond donors (Lipinski definition) is 0. The lowest BCUT2D eigenvalue weighted by molar-refractivity contribution is 0.593. The number of benzene rings is 1. The zero-order chi connectivity index (χ0) is 11.3. The molecule has 1 aromatic carbocycles. The van der Waals surface area contributed by atoms with Gasteiger partial charge in [0.05, 0.1) is 16.7 Å². The lowest BCUT2D eigenvalue weighted by atomic mass is 10.2. The van der Waals surface area contributed by atoms with Gasteiger partial charge < -0.3 is 0 Å². The third-order valence-corrected chi connectivity index (χ3v) is 3.85. The second-order valence-corrected chi connectivity index (χ2v) is 5.51. The summed E-state index contributed by atoms with van der Waals surface area (Å²) in [5, 5.41) is 8.33. The maximum Gasteiger partial charge on any atom is 0.178 e. The Labute approximate surface area is 90.3 Å². The van der Waals surface area contributed by atoms with Gasteiger partial charge in [0, 0.05) is 6.42 Å². The van der Waals surface area contributed by atoms with Crippen molar-refractivity contribution in [1.29, 1.82) is 5.26 Å². The molecule has 0 amide bonds. The van der Waals surface area contributed by atoms with Gasteiger partial charge in [-0.3, -0.25) is 0 Å². The number of sulfone groups is 1. The molecule has 80 valence electrons. The highest BCUT2D eigenvalue weighted by atomic mass is 32.2. The summed E-state index contributed by atoms with van der Waals surface area (Å²) in [4.78, 5) is 0.348. The molecule has 4 heteroatoms. The van der Waals surface area contributed by atoms with E-state index in [2.05, 4.69) is 0 Å². The molecule has 3 nitrogen and oxygen atoms in total. The Morgan fingerprint density at radius 2 is 2.13 bits per heavy atom. The Morgan fingerprint density at radius 1 is 1.40 bits per heavy atom. The molecule has 0 bridgehead atoms. The fourth-order valence-electron chi connectivity index (χ4n) is 1.27. The third kappa shape index (κ3) is 3.37. The summed E-state index contributed by atoms with van der Waals surface area (Å²) >= 11 is 0. The van der Waals surface area contributed by atoms with Crippen molar-refractivity contribution in [2.75, 3.05) is 5.75 Å². The number of nitriles is 1. The lowest BCUT2D eigenvalue weighted by Crippen LogP contribution is -2.06. The molecule has 1 rings (SSSR count). The summed E-state index contributed by atoms with van der Waals surface area (Å²) in [6, 6.07) is 8.77. The topological polar surface area (TPSA) is 57.9 Å². The van der Waals surface area contributed by atoms with Crippen LogP contribution >= 0.6 is 0 Å². The van der Waals surface area contributed by atoms with Crippen molar-refractivity contribution < 1.29 is 8.42 Å². The van der Waals surface area contributed by atoms with E-state index in [4.69, 9.17) is 5.26 Å². The second-order valence-electron chi connectivity index (χ2n) is 3.40. The van der Waals surface area contributed by atoms with E-state index in [1.54, 1.807) is 18.2 Å². The summed E-state index contributed by atoms with van der Waals surface area (Å²) in [5.74, 6) is 0.0456. The van der Waals surface area contributed by atoms with Crippen molar-refractivity contribution in [2.45, 2.75) is 24.7 Å². The minimum Gasteiger partial charge on any atom is -0.224 e. The van der Waals surface area contributed by atoms with Crippen LogP contribution in [0.15, 0.2) is 29.2 Å². The van der Waals surface area contributed by atoms with Crippen molar-refractivity contribution in [3.8, 4) is 6.07 Å². The van der Waals surface area contributed by atoms with Crippen LogP contribution in [0.4, 0.5) is 0 Å². The highest BCUT2D eigenvalue weighted by Crippen LogP contribution is 2.14. The summed E-state index contributed by atoms with van der Waals surface area (Å²) < 4.78 is 23.5. The van der Waals surface area contributed by atoms with E-state index in [9.17, 15) is 8.42 Å². The molecule has 0 fully saturated rings. The second kappa shape index (κ2) is 4.94. The normalized spacial score (nSPS) is 10.9. The summed E-state index contributed by atoms with van der Waals surface area (Å²) in [5.41, 5.74) is 0.927. The van der Waals surface area contributed by atoms with E-state index in [-0.39, 0.29) is 12.2 Å². The molecule has 1 aromatic rings. The summed E-state index contributed by atoms with van der Waals surface area (Å²) in [6.45, 7) is 1.86. The molecular weight excluding hydrogens is 210 g/mol. The smallest absolute Gasteiger partial charge is 0.178 e. The van der Waals surface area contributed by atoms with Crippen LogP contribution in [0, 0.1) is 18.3 Å². The van der Waals surface area contributed by atoms with Crippen LogP contribution in [0.25, 0.3) is 0 Å². The van der Waals surface area contributed by atoms with Gasteiger partial charge in [0.15, 0.2) is 9.84 Å². The Morgan fingerprint density at radius 3 is 2.73 bits per heavy atom. The first kappa shape index (κ1) is 11.7. The molecule has 0 aromatic heterocycles. The van der Waals surface area contributed by atoms with Gasteiger partial charge in [0.1, 0.15) is 0 Å². The van der Waals surface area contributed by atoms with Crippen LogP contribution in [-0.4, -0.2) is 14.2 Å². The first-order chi connectivity index (χ1) is 7.06. The van der Waals surface area contributed by atoms with Gasteiger partial charge in [-0.05, 0) is 31.0 Å². The summed E-state index contributed by atoms with van der Waals surface area (Å²) in [7, 11) is -3.21. The van der Waals surface area contributed by atoms with Crippen molar-refractivity contribution >= 4 is 9.84 Å². The fraction of sp³-hybridized carbons (Fsp3) is 0.364. The fourth-order valence-corrected chi connectivity index (χ4v) is 2.68. The molecule has 0 N–H and O–H groups in total. The van der Waals surface area contributed by atoms with Crippen LogP contribution in [0.1, 0.15) is 18.4 Å². The molecule has 0 spiro atoms.